The predicted molar refractivity (Wildman–Crippen MR) is 102 cm³/mol. The normalized spacial score (nSPS) is 18.5. The first-order valence-electron chi connectivity index (χ1n) is 8.89. The van der Waals surface area contributed by atoms with Gasteiger partial charge in [-0.05, 0) is 38.8 Å². The van der Waals surface area contributed by atoms with E-state index in [0.29, 0.717) is 35.8 Å². The lowest BCUT2D eigenvalue weighted by atomic mass is 10.0. The minimum atomic E-state index is -3.70. The van der Waals surface area contributed by atoms with Crippen molar-refractivity contribution in [2.75, 3.05) is 13.1 Å². The van der Waals surface area contributed by atoms with Gasteiger partial charge in [0.05, 0.1) is 0 Å². The van der Waals surface area contributed by atoms with E-state index in [9.17, 15) is 12.8 Å². The van der Waals surface area contributed by atoms with Gasteiger partial charge in [-0.1, -0.05) is 28.6 Å². The molecule has 0 saturated carbocycles. The van der Waals surface area contributed by atoms with Gasteiger partial charge >= 0.3 is 0 Å². The van der Waals surface area contributed by atoms with Gasteiger partial charge in [0.1, 0.15) is 21.4 Å². The van der Waals surface area contributed by atoms with Gasteiger partial charge in [0.2, 0.25) is 10.0 Å². The van der Waals surface area contributed by atoms with Crippen molar-refractivity contribution < 1.29 is 17.3 Å². The van der Waals surface area contributed by atoms with Crippen LogP contribution in [0.4, 0.5) is 4.39 Å². The molecule has 0 N–H and O–H groups in total. The van der Waals surface area contributed by atoms with E-state index in [1.807, 2.05) is 0 Å². The van der Waals surface area contributed by atoms with Crippen LogP contribution in [0.15, 0.2) is 33.7 Å². The number of rotatable bonds is 4. The summed E-state index contributed by atoms with van der Waals surface area (Å²) in [7, 11) is -3.70. The van der Waals surface area contributed by atoms with Crippen LogP contribution >= 0.6 is 11.3 Å². The Morgan fingerprint density at radius 1 is 1.25 bits per heavy atom. The molecule has 4 rings (SSSR count). The molecule has 7 nitrogen and oxygen atoms in total. The molecule has 3 aromatic rings. The first-order chi connectivity index (χ1) is 13.4. The maximum atomic E-state index is 14.0. The van der Waals surface area contributed by atoms with Crippen molar-refractivity contribution in [2.24, 2.45) is 0 Å². The monoisotopic (exact) mass is 422 g/mol. The Labute approximate surface area is 166 Å². The van der Waals surface area contributed by atoms with Crippen molar-refractivity contribution in [3.63, 3.8) is 0 Å². The van der Waals surface area contributed by atoms with E-state index in [1.165, 1.54) is 21.7 Å². The summed E-state index contributed by atoms with van der Waals surface area (Å²) in [4.78, 5) is 0.137. The zero-order chi connectivity index (χ0) is 19.9. The van der Waals surface area contributed by atoms with Crippen molar-refractivity contribution in [1.29, 1.82) is 0 Å². The molecule has 0 spiro atoms. The fraction of sp³-hybridized carbons (Fsp3) is 0.389. The molecule has 3 heterocycles. The molecule has 0 unspecified atom stereocenters. The second-order valence-electron chi connectivity index (χ2n) is 6.78. The van der Waals surface area contributed by atoms with Gasteiger partial charge in [-0.3, -0.25) is 0 Å². The summed E-state index contributed by atoms with van der Waals surface area (Å²) in [5.41, 5.74) is 0.764. The summed E-state index contributed by atoms with van der Waals surface area (Å²) in [6.07, 6.45) is 1.52. The van der Waals surface area contributed by atoms with E-state index in [2.05, 4.69) is 15.4 Å². The zero-order valence-corrected chi connectivity index (χ0v) is 17.1. The standard InChI is InChI=1S/C18H19FN4O3S2/c1-11-16(12(2)26-22-11)28(24,25)23-9-5-6-13(10-23)17-20-21-18(27-17)14-7-3-4-8-15(14)19/h3-4,7-8,13H,5-6,9-10H2,1-2H3/t13-/m0/s1. The molecule has 0 amide bonds. The summed E-state index contributed by atoms with van der Waals surface area (Å²) in [5.74, 6) is -0.143. The van der Waals surface area contributed by atoms with Gasteiger partial charge < -0.3 is 4.52 Å². The van der Waals surface area contributed by atoms with Crippen molar-refractivity contribution in [3.05, 3.63) is 46.5 Å². The predicted octanol–water partition coefficient (Wildman–Crippen LogP) is 3.52. The molecule has 2 aromatic heterocycles. The number of sulfonamides is 1. The van der Waals surface area contributed by atoms with Crippen LogP contribution in [-0.2, 0) is 10.0 Å². The number of hydrogen-bond acceptors (Lipinski definition) is 7. The van der Waals surface area contributed by atoms with Crippen LogP contribution in [0, 0.1) is 19.7 Å². The summed E-state index contributed by atoms with van der Waals surface area (Å²) in [6, 6.07) is 6.42. The number of benzene rings is 1. The second-order valence-corrected chi connectivity index (χ2v) is 9.66. The largest absolute Gasteiger partial charge is 0.360 e. The fourth-order valence-electron chi connectivity index (χ4n) is 3.48. The molecule has 1 saturated heterocycles. The molecule has 1 aromatic carbocycles. The third-order valence-corrected chi connectivity index (χ3v) is 8.07. The summed E-state index contributed by atoms with van der Waals surface area (Å²) >= 11 is 1.31. The number of aryl methyl sites for hydroxylation is 2. The molecule has 148 valence electrons. The highest BCUT2D eigenvalue weighted by Crippen LogP contribution is 2.35. The van der Waals surface area contributed by atoms with Crippen LogP contribution < -0.4 is 0 Å². The van der Waals surface area contributed by atoms with E-state index in [-0.39, 0.29) is 22.4 Å². The number of aromatic nitrogens is 3. The SMILES string of the molecule is Cc1noc(C)c1S(=O)(=O)N1CCC[C@H](c2nnc(-c3ccccc3F)s2)C1. The van der Waals surface area contributed by atoms with E-state index in [4.69, 9.17) is 4.52 Å². The number of nitrogens with zero attached hydrogens (tertiary/aromatic N) is 4. The van der Waals surface area contributed by atoms with E-state index in [0.717, 1.165) is 11.4 Å². The Bertz CT molecular complexity index is 1090. The topological polar surface area (TPSA) is 89.2 Å². The van der Waals surface area contributed by atoms with E-state index >= 15 is 0 Å². The first kappa shape index (κ1) is 19.2. The van der Waals surface area contributed by atoms with Gasteiger partial charge in [0, 0.05) is 24.6 Å². The molecule has 10 heteroatoms. The van der Waals surface area contributed by atoms with Gasteiger partial charge in [-0.25, -0.2) is 12.8 Å². The molecule has 0 bridgehead atoms. The Morgan fingerprint density at radius 3 is 2.75 bits per heavy atom. The highest BCUT2D eigenvalue weighted by molar-refractivity contribution is 7.89. The molecular formula is C18H19FN4O3S2. The quantitative estimate of drug-likeness (QED) is 0.639. The summed E-state index contributed by atoms with van der Waals surface area (Å²) < 4.78 is 46.7. The average Bonchev–Trinajstić information content (AvgIpc) is 3.29. The van der Waals surface area contributed by atoms with Crippen LogP contribution in [0.5, 0.6) is 0 Å². The van der Waals surface area contributed by atoms with Gasteiger partial charge in [-0.15, -0.1) is 10.2 Å². The molecule has 1 atom stereocenters. The maximum Gasteiger partial charge on any atom is 0.248 e. The minimum absolute atomic E-state index is 0.0815. The lowest BCUT2D eigenvalue weighted by molar-refractivity contribution is 0.314. The van der Waals surface area contributed by atoms with Crippen LogP contribution in [0.1, 0.15) is 35.2 Å². The van der Waals surface area contributed by atoms with Crippen molar-refractivity contribution in [1.82, 2.24) is 19.7 Å². The van der Waals surface area contributed by atoms with Crippen molar-refractivity contribution >= 4 is 21.4 Å². The van der Waals surface area contributed by atoms with Gasteiger partial charge in [0.25, 0.3) is 0 Å². The highest BCUT2D eigenvalue weighted by Gasteiger charge is 2.36. The van der Waals surface area contributed by atoms with Crippen LogP contribution in [0.25, 0.3) is 10.6 Å². The number of piperidine rings is 1. The Kier molecular flexibility index (Phi) is 5.02. The number of halogens is 1. The number of hydrogen-bond donors (Lipinski definition) is 0. The Hall–Kier alpha value is -2.17. The molecule has 1 aliphatic heterocycles. The molecule has 0 aliphatic carbocycles. The molecular weight excluding hydrogens is 403 g/mol. The van der Waals surface area contributed by atoms with Gasteiger partial charge in [-0.2, -0.15) is 4.31 Å². The van der Waals surface area contributed by atoms with Crippen molar-refractivity contribution in [2.45, 2.75) is 37.5 Å². The molecule has 28 heavy (non-hydrogen) atoms. The smallest absolute Gasteiger partial charge is 0.248 e. The molecule has 1 aliphatic rings. The average molecular weight is 423 g/mol. The third kappa shape index (κ3) is 3.36. The molecule has 0 radical (unpaired) electrons. The highest BCUT2D eigenvalue weighted by atomic mass is 32.2. The Morgan fingerprint density at radius 2 is 2.04 bits per heavy atom. The van der Waals surface area contributed by atoms with E-state index in [1.54, 1.807) is 32.0 Å². The summed E-state index contributed by atoms with van der Waals surface area (Å²) in [6.45, 7) is 3.95. The lowest BCUT2D eigenvalue weighted by Crippen LogP contribution is -2.39. The Balaban J connectivity index is 1.59. The second kappa shape index (κ2) is 7.34. The van der Waals surface area contributed by atoms with Crippen molar-refractivity contribution in [3.8, 4) is 10.6 Å². The van der Waals surface area contributed by atoms with E-state index < -0.39 is 10.0 Å². The van der Waals surface area contributed by atoms with Crippen LogP contribution in [-0.4, -0.2) is 41.2 Å². The third-order valence-electron chi connectivity index (χ3n) is 4.84. The lowest BCUT2D eigenvalue weighted by Gasteiger charge is -2.30. The summed E-state index contributed by atoms with van der Waals surface area (Å²) in [5, 5.41) is 13.3. The molecule has 1 fully saturated rings. The minimum Gasteiger partial charge on any atom is -0.360 e. The van der Waals surface area contributed by atoms with Crippen LogP contribution in [0.2, 0.25) is 0 Å². The maximum absolute atomic E-state index is 14.0. The van der Waals surface area contributed by atoms with Gasteiger partial charge in [0.15, 0.2) is 10.8 Å². The first-order valence-corrected chi connectivity index (χ1v) is 11.1. The van der Waals surface area contributed by atoms with Crippen LogP contribution in [0.3, 0.4) is 0 Å². The zero-order valence-electron chi connectivity index (χ0n) is 15.4. The fourth-order valence-corrected chi connectivity index (χ4v) is 6.29.